The number of aliphatic carboxylic acids is 1. The van der Waals surface area contributed by atoms with Gasteiger partial charge >= 0.3 is 5.97 Å². The quantitative estimate of drug-likeness (QED) is 0.847. The summed E-state index contributed by atoms with van der Waals surface area (Å²) < 4.78 is 0. The highest BCUT2D eigenvalue weighted by Gasteiger charge is 2.31. The molecule has 1 saturated heterocycles. The van der Waals surface area contributed by atoms with Crippen LogP contribution in [-0.2, 0) is 9.59 Å². The third kappa shape index (κ3) is 3.76. The molecule has 1 aliphatic rings. The molecule has 0 aliphatic carbocycles. The monoisotopic (exact) mass is 293 g/mol. The molecule has 4 nitrogen and oxygen atoms in total. The smallest absolute Gasteiger partial charge is 0.303 e. The number of aryl methyl sites for hydroxylation is 2. The number of hydrogen-bond acceptors (Lipinski definition) is 3. The van der Waals surface area contributed by atoms with Crippen molar-refractivity contribution in [2.24, 2.45) is 5.92 Å². The van der Waals surface area contributed by atoms with E-state index in [0.29, 0.717) is 18.8 Å². The van der Waals surface area contributed by atoms with Gasteiger partial charge in [0.1, 0.15) is 0 Å². The van der Waals surface area contributed by atoms with Crippen molar-refractivity contribution in [2.45, 2.75) is 25.2 Å². The number of nitrogens with zero attached hydrogens (tertiary/aromatic N) is 1. The zero-order valence-corrected chi connectivity index (χ0v) is 12.6. The van der Waals surface area contributed by atoms with Gasteiger partial charge in [-0.25, -0.2) is 0 Å². The third-order valence-corrected chi connectivity index (χ3v) is 4.61. The van der Waals surface area contributed by atoms with Crippen LogP contribution in [0, 0.1) is 19.8 Å². The lowest BCUT2D eigenvalue weighted by Gasteiger charge is -2.38. The molecule has 1 aromatic rings. The van der Waals surface area contributed by atoms with E-state index in [9.17, 15) is 9.59 Å². The number of hydrogen-bond donors (Lipinski definition) is 1. The second-order valence-electron chi connectivity index (χ2n) is 5.32. The molecule has 0 unspecified atom stereocenters. The van der Waals surface area contributed by atoms with Gasteiger partial charge < -0.3 is 10.0 Å². The summed E-state index contributed by atoms with van der Waals surface area (Å²) in [4.78, 5) is 25.4. The Hall–Kier alpha value is -1.49. The zero-order chi connectivity index (χ0) is 14.7. The van der Waals surface area contributed by atoms with Crippen LogP contribution in [0.3, 0.4) is 0 Å². The Morgan fingerprint density at radius 1 is 1.35 bits per heavy atom. The molecule has 5 heteroatoms. The van der Waals surface area contributed by atoms with Gasteiger partial charge in [0.25, 0.3) is 0 Å². The first-order valence-electron chi connectivity index (χ1n) is 6.65. The molecule has 0 radical (unpaired) electrons. The third-order valence-electron chi connectivity index (χ3n) is 3.47. The molecule has 2 rings (SSSR count). The molecule has 20 heavy (non-hydrogen) atoms. The van der Waals surface area contributed by atoms with Gasteiger partial charge in [0.05, 0.1) is 12.2 Å². The van der Waals surface area contributed by atoms with E-state index < -0.39 is 5.97 Å². The summed E-state index contributed by atoms with van der Waals surface area (Å²) in [5, 5.41) is 8.67. The lowest BCUT2D eigenvalue weighted by Crippen LogP contribution is -2.51. The van der Waals surface area contributed by atoms with Gasteiger partial charge in [-0.15, -0.1) is 11.8 Å². The van der Waals surface area contributed by atoms with E-state index in [-0.39, 0.29) is 18.2 Å². The Kier molecular flexibility index (Phi) is 4.70. The summed E-state index contributed by atoms with van der Waals surface area (Å²) in [6.45, 7) is 5.24. The molecule has 1 heterocycles. The molecular formula is C15H19NO3S. The van der Waals surface area contributed by atoms with E-state index in [1.807, 2.05) is 13.8 Å². The Labute approximate surface area is 123 Å². The first-order valence-corrected chi connectivity index (χ1v) is 7.64. The standard InChI is InChI=1S/C15H19NO3S/c1-10-3-4-11(2)13(5-10)20-9-14(17)16-7-12(8-16)6-15(18)19/h3-5,12H,6-9H2,1-2H3,(H,18,19). The highest BCUT2D eigenvalue weighted by atomic mass is 32.2. The molecule has 1 aliphatic heterocycles. The SMILES string of the molecule is Cc1ccc(C)c(SCC(=O)N2CC(CC(=O)O)C2)c1. The number of carbonyl (C=O) groups excluding carboxylic acids is 1. The zero-order valence-electron chi connectivity index (χ0n) is 11.8. The van der Waals surface area contributed by atoms with E-state index in [2.05, 4.69) is 18.2 Å². The van der Waals surface area contributed by atoms with Crippen molar-refractivity contribution < 1.29 is 14.7 Å². The second-order valence-corrected chi connectivity index (χ2v) is 6.34. The van der Waals surface area contributed by atoms with Crippen molar-refractivity contribution >= 4 is 23.6 Å². The predicted molar refractivity (Wildman–Crippen MR) is 79.0 cm³/mol. The summed E-state index contributed by atoms with van der Waals surface area (Å²) in [6, 6.07) is 6.22. The molecule has 0 bridgehead atoms. The number of carbonyl (C=O) groups is 2. The average Bonchev–Trinajstić information content (AvgIpc) is 2.33. The van der Waals surface area contributed by atoms with Crippen LogP contribution in [0.2, 0.25) is 0 Å². The molecule has 1 N–H and O–H groups in total. The molecular weight excluding hydrogens is 274 g/mol. The minimum Gasteiger partial charge on any atom is -0.481 e. The number of carboxylic acid groups (broad SMARTS) is 1. The van der Waals surface area contributed by atoms with Crippen LogP contribution in [0.5, 0.6) is 0 Å². The Bertz CT molecular complexity index is 524. The molecule has 108 valence electrons. The Balaban J connectivity index is 1.79. The summed E-state index contributed by atoms with van der Waals surface area (Å²) >= 11 is 1.55. The van der Waals surface area contributed by atoms with E-state index in [1.54, 1.807) is 16.7 Å². The highest BCUT2D eigenvalue weighted by Crippen LogP contribution is 2.26. The number of rotatable bonds is 5. The van der Waals surface area contributed by atoms with E-state index in [1.165, 1.54) is 11.1 Å². The largest absolute Gasteiger partial charge is 0.481 e. The minimum absolute atomic E-state index is 0.0949. The van der Waals surface area contributed by atoms with Gasteiger partial charge in [-0.05, 0) is 25.5 Å². The highest BCUT2D eigenvalue weighted by molar-refractivity contribution is 8.00. The van der Waals surface area contributed by atoms with Crippen LogP contribution < -0.4 is 0 Å². The molecule has 1 amide bonds. The van der Waals surface area contributed by atoms with Crippen molar-refractivity contribution in [3.05, 3.63) is 29.3 Å². The van der Waals surface area contributed by atoms with Crippen LogP contribution in [0.25, 0.3) is 0 Å². The van der Waals surface area contributed by atoms with Crippen LogP contribution in [-0.4, -0.2) is 40.7 Å². The normalized spacial score (nSPS) is 15.0. The molecule has 0 atom stereocenters. The topological polar surface area (TPSA) is 57.6 Å². The number of likely N-dealkylation sites (tertiary alicyclic amines) is 1. The Morgan fingerprint density at radius 3 is 2.70 bits per heavy atom. The summed E-state index contributed by atoms with van der Waals surface area (Å²) in [5.41, 5.74) is 2.37. The summed E-state index contributed by atoms with van der Waals surface area (Å²) in [7, 11) is 0. The molecule has 0 aromatic heterocycles. The fraction of sp³-hybridized carbons (Fsp3) is 0.467. The average molecular weight is 293 g/mol. The van der Waals surface area contributed by atoms with Crippen LogP contribution >= 0.6 is 11.8 Å². The molecule has 0 spiro atoms. The number of amides is 1. The fourth-order valence-electron chi connectivity index (χ4n) is 2.24. The van der Waals surface area contributed by atoms with Gasteiger partial charge in [-0.2, -0.15) is 0 Å². The first-order chi connectivity index (χ1) is 9.45. The minimum atomic E-state index is -0.785. The van der Waals surface area contributed by atoms with Crippen molar-refractivity contribution in [1.29, 1.82) is 0 Å². The van der Waals surface area contributed by atoms with Crippen molar-refractivity contribution in [2.75, 3.05) is 18.8 Å². The molecule has 0 saturated carbocycles. The van der Waals surface area contributed by atoms with Crippen LogP contribution in [0.1, 0.15) is 17.5 Å². The summed E-state index contributed by atoms with van der Waals surface area (Å²) in [6.07, 6.45) is 0.161. The predicted octanol–water partition coefficient (Wildman–Crippen LogP) is 2.33. The van der Waals surface area contributed by atoms with Gasteiger partial charge in [-0.3, -0.25) is 9.59 Å². The lowest BCUT2D eigenvalue weighted by atomic mass is 9.96. The van der Waals surface area contributed by atoms with E-state index in [0.717, 1.165) is 4.90 Å². The number of benzene rings is 1. The van der Waals surface area contributed by atoms with Gasteiger partial charge in [-0.1, -0.05) is 17.7 Å². The van der Waals surface area contributed by atoms with E-state index in [4.69, 9.17) is 5.11 Å². The summed E-state index contributed by atoms with van der Waals surface area (Å²) in [5.74, 6) is -0.143. The maximum Gasteiger partial charge on any atom is 0.303 e. The van der Waals surface area contributed by atoms with Crippen molar-refractivity contribution in [3.8, 4) is 0 Å². The molecule has 1 aromatic carbocycles. The van der Waals surface area contributed by atoms with E-state index >= 15 is 0 Å². The maximum atomic E-state index is 12.0. The second kappa shape index (κ2) is 6.31. The van der Waals surface area contributed by atoms with Gasteiger partial charge in [0.2, 0.25) is 5.91 Å². The maximum absolute atomic E-state index is 12.0. The van der Waals surface area contributed by atoms with Gasteiger partial charge in [0.15, 0.2) is 0 Å². The molecule has 1 fully saturated rings. The lowest BCUT2D eigenvalue weighted by molar-refractivity contribution is -0.143. The number of thioether (sulfide) groups is 1. The van der Waals surface area contributed by atoms with Crippen LogP contribution in [0.15, 0.2) is 23.1 Å². The van der Waals surface area contributed by atoms with Crippen LogP contribution in [0.4, 0.5) is 0 Å². The van der Waals surface area contributed by atoms with Crippen molar-refractivity contribution in [3.63, 3.8) is 0 Å². The number of carboxylic acids is 1. The van der Waals surface area contributed by atoms with Crippen molar-refractivity contribution in [1.82, 2.24) is 4.90 Å². The fourth-order valence-corrected chi connectivity index (χ4v) is 3.27. The Morgan fingerprint density at radius 2 is 2.05 bits per heavy atom. The first kappa shape index (κ1) is 14.9. The van der Waals surface area contributed by atoms with Gasteiger partial charge in [0, 0.05) is 23.9 Å².